The summed E-state index contributed by atoms with van der Waals surface area (Å²) in [5.41, 5.74) is -35.0. The van der Waals surface area contributed by atoms with Crippen LogP contribution < -0.4 is 4.90 Å². The average molecular weight is 942 g/mol. The summed E-state index contributed by atoms with van der Waals surface area (Å²) in [5.74, 6) is -101. The maximum atomic E-state index is 17.8. The zero-order chi connectivity index (χ0) is 46.7. The summed E-state index contributed by atoms with van der Waals surface area (Å²) in [4.78, 5) is -2.70. The SMILES string of the molecule is CC[Si](CC)(CC)CCCN(c1c(F)c(F)c(F)c2c1C(F)(F)c1c(F)c(F)c(F)c(F)c1-2)C1(F)C(F)(F)C(F)(F)C(F)(F)C2(F)C(F)(F)C(F)(F)C(F)(F)C(F)(F)C12F. The van der Waals surface area contributed by atoms with Gasteiger partial charge in [-0.15, -0.1) is 0 Å². The van der Waals surface area contributed by atoms with E-state index >= 15 is 83.4 Å². The summed E-state index contributed by atoms with van der Waals surface area (Å²) < 4.78 is 404. The zero-order valence-corrected chi connectivity index (χ0v) is 30.5. The highest BCUT2D eigenvalue weighted by atomic mass is 28.3. The van der Waals surface area contributed by atoms with Crippen molar-refractivity contribution in [3.63, 3.8) is 0 Å². The fraction of sp³-hybridized carbons (Fsp3) is 0.625. The van der Waals surface area contributed by atoms with Gasteiger partial charge in [-0.2, -0.15) is 70.2 Å². The Hall–Kier alpha value is -3.36. The summed E-state index contributed by atoms with van der Waals surface area (Å²) in [6.07, 6.45) is -1.70. The maximum Gasteiger partial charge on any atom is 0.382 e. The van der Waals surface area contributed by atoms with Gasteiger partial charge in [0, 0.05) is 17.7 Å². The van der Waals surface area contributed by atoms with Gasteiger partial charge in [-0.1, -0.05) is 44.9 Å². The van der Waals surface area contributed by atoms with Crippen molar-refractivity contribution in [3.8, 4) is 11.1 Å². The second kappa shape index (κ2) is 12.9. The van der Waals surface area contributed by atoms with Crippen LogP contribution in [-0.4, -0.2) is 73.2 Å². The first kappa shape index (κ1) is 47.7. The van der Waals surface area contributed by atoms with Crippen molar-refractivity contribution >= 4 is 13.8 Å². The molecule has 0 saturated heterocycles. The largest absolute Gasteiger partial charge is 0.382 e. The second-order valence-corrected chi connectivity index (χ2v) is 20.0. The van der Waals surface area contributed by atoms with Crippen molar-refractivity contribution in [1.29, 1.82) is 0 Å². The minimum absolute atomic E-state index is 0.0640. The minimum Gasteiger partial charge on any atom is -0.328 e. The molecule has 0 heterocycles. The van der Waals surface area contributed by atoms with Crippen LogP contribution in [-0.2, 0) is 5.92 Å². The van der Waals surface area contributed by atoms with Crippen LogP contribution in [0.25, 0.3) is 11.1 Å². The average Bonchev–Trinajstić information content (AvgIpc) is 3.40. The molecule has 2 saturated carbocycles. The molecule has 3 aliphatic rings. The first-order valence-electron chi connectivity index (χ1n) is 16.7. The molecule has 0 aliphatic heterocycles. The van der Waals surface area contributed by atoms with Gasteiger partial charge >= 0.3 is 47.4 Å². The molecule has 1 nitrogen and oxygen atoms in total. The summed E-state index contributed by atoms with van der Waals surface area (Å²) in [6.45, 7) is 0.983. The van der Waals surface area contributed by atoms with E-state index in [0.29, 0.717) is 0 Å². The third-order valence-corrected chi connectivity index (χ3v) is 18.0. The molecule has 2 fully saturated rings. The Kier molecular flexibility index (Phi) is 10.2. The number of rotatable bonds is 9. The monoisotopic (exact) mass is 941 g/mol. The topological polar surface area (TPSA) is 3.24 Å². The van der Waals surface area contributed by atoms with E-state index in [2.05, 4.69) is 0 Å². The molecule has 3 atom stereocenters. The van der Waals surface area contributed by atoms with Crippen molar-refractivity contribution in [2.24, 2.45) is 0 Å². The van der Waals surface area contributed by atoms with E-state index in [0.717, 1.165) is 0 Å². The Bertz CT molecular complexity index is 2110. The number of hydrogen-bond donors (Lipinski definition) is 0. The summed E-state index contributed by atoms with van der Waals surface area (Å²) in [6, 6.07) is -1.05. The lowest BCUT2D eigenvalue weighted by molar-refractivity contribution is -0.547. The van der Waals surface area contributed by atoms with Gasteiger partial charge in [0.05, 0.1) is 24.9 Å². The van der Waals surface area contributed by atoms with Gasteiger partial charge in [0.2, 0.25) is 0 Å². The Morgan fingerprint density at radius 1 is 0.400 bits per heavy atom. The molecule has 0 spiro atoms. The van der Waals surface area contributed by atoms with Crippen molar-refractivity contribution in [2.75, 3.05) is 11.4 Å². The lowest BCUT2D eigenvalue weighted by Gasteiger charge is -2.66. The predicted molar refractivity (Wildman–Crippen MR) is 155 cm³/mol. The van der Waals surface area contributed by atoms with E-state index in [1.807, 2.05) is 0 Å². The van der Waals surface area contributed by atoms with Gasteiger partial charge in [-0.3, -0.25) is 0 Å². The van der Waals surface area contributed by atoms with Crippen LogP contribution in [0.15, 0.2) is 0 Å². The summed E-state index contributed by atoms with van der Waals surface area (Å²) >= 11 is 0. The third-order valence-electron chi connectivity index (χ3n) is 12.0. The number of hydrogen-bond acceptors (Lipinski definition) is 1. The lowest BCUT2D eigenvalue weighted by atomic mass is 9.52. The Morgan fingerprint density at radius 3 is 1.17 bits per heavy atom. The number of fused-ring (bicyclic) bond motifs is 4. The lowest BCUT2D eigenvalue weighted by Crippen LogP contribution is -3.01. The highest BCUT2D eigenvalue weighted by Gasteiger charge is 3.15. The van der Waals surface area contributed by atoms with Gasteiger partial charge in [-0.25, -0.2) is 43.9 Å². The molecule has 28 heteroatoms. The van der Waals surface area contributed by atoms with E-state index in [-0.39, 0.29) is 18.1 Å². The van der Waals surface area contributed by atoms with E-state index in [4.69, 9.17) is 0 Å². The van der Waals surface area contributed by atoms with Gasteiger partial charge in [0.25, 0.3) is 17.1 Å². The normalized spacial score (nSPS) is 29.8. The molecular formula is C32H21F26NSi. The van der Waals surface area contributed by atoms with Crippen molar-refractivity contribution in [2.45, 2.75) is 116 Å². The highest BCUT2D eigenvalue weighted by molar-refractivity contribution is 6.79. The zero-order valence-electron chi connectivity index (χ0n) is 29.5. The number of alkyl halides is 19. The summed E-state index contributed by atoms with van der Waals surface area (Å²) in [5, 5.41) is 0. The van der Waals surface area contributed by atoms with Crippen LogP contribution in [0.4, 0.5) is 120 Å². The standard InChI is InChI=1S/C32H21F26NSi/c1-4-60(5-2,6-3)9-7-8-59(21-13-11(15(34)18(37)20(21)39)10-12(22(13,40)41)16(35)19(38)17(36)14(10)33)32(58)24(43)23(42,26(46,47)30(54,55)31(32,56)57)25(44,45)28(50,51)29(52,53)27(24,48)49/h4-9H2,1-3H3. The first-order chi connectivity index (χ1) is 26.8. The van der Waals surface area contributed by atoms with Crippen molar-refractivity contribution in [1.82, 2.24) is 0 Å². The molecule has 3 unspecified atom stereocenters. The van der Waals surface area contributed by atoms with E-state index in [1.165, 1.54) is 20.8 Å². The molecule has 340 valence electrons. The third kappa shape index (κ3) is 4.56. The van der Waals surface area contributed by atoms with Crippen LogP contribution >= 0.6 is 0 Å². The van der Waals surface area contributed by atoms with Gasteiger partial charge in [-0.05, 0) is 6.42 Å². The second-order valence-electron chi connectivity index (χ2n) is 14.4. The predicted octanol–water partition coefficient (Wildman–Crippen LogP) is 13.0. The quantitative estimate of drug-likeness (QED) is 0.0796. The van der Waals surface area contributed by atoms with Gasteiger partial charge < -0.3 is 4.90 Å². The van der Waals surface area contributed by atoms with Gasteiger partial charge in [0.15, 0.2) is 40.7 Å². The fourth-order valence-corrected chi connectivity index (χ4v) is 11.8. The van der Waals surface area contributed by atoms with Crippen LogP contribution in [0.2, 0.25) is 24.2 Å². The van der Waals surface area contributed by atoms with Crippen LogP contribution in [0.5, 0.6) is 0 Å². The van der Waals surface area contributed by atoms with Crippen molar-refractivity contribution < 1.29 is 114 Å². The van der Waals surface area contributed by atoms with Crippen LogP contribution in [0.1, 0.15) is 38.3 Å². The molecule has 0 bridgehead atoms. The maximum absolute atomic E-state index is 17.8. The fourth-order valence-electron chi connectivity index (χ4n) is 8.34. The van der Waals surface area contributed by atoms with Gasteiger partial charge in [0.1, 0.15) is 0 Å². The molecular weight excluding hydrogens is 920 g/mol. The minimum atomic E-state index is -9.19. The Morgan fingerprint density at radius 2 is 0.750 bits per heavy atom. The number of benzene rings is 2. The number of nitrogens with zero attached hydrogens (tertiary/aromatic N) is 1. The molecule has 5 rings (SSSR count). The number of anilines is 1. The molecule has 2 aromatic carbocycles. The molecule has 0 N–H and O–H groups in total. The Labute approximate surface area is 318 Å². The smallest absolute Gasteiger partial charge is 0.328 e. The molecule has 2 aromatic rings. The van der Waals surface area contributed by atoms with Crippen LogP contribution in [0.3, 0.4) is 0 Å². The van der Waals surface area contributed by atoms with Crippen molar-refractivity contribution in [3.05, 3.63) is 51.8 Å². The molecule has 60 heavy (non-hydrogen) atoms. The summed E-state index contributed by atoms with van der Waals surface area (Å²) in [7, 11) is -3.19. The highest BCUT2D eigenvalue weighted by Crippen LogP contribution is 2.82. The molecule has 3 aliphatic carbocycles. The molecule has 0 aromatic heterocycles. The van der Waals surface area contributed by atoms with Crippen LogP contribution in [0, 0.1) is 40.7 Å². The van der Waals surface area contributed by atoms with E-state index in [1.54, 1.807) is 0 Å². The van der Waals surface area contributed by atoms with E-state index < -0.39 is 165 Å². The van der Waals surface area contributed by atoms with E-state index in [9.17, 15) is 30.7 Å². The number of halogens is 26. The Balaban J connectivity index is 2.11. The first-order valence-corrected chi connectivity index (χ1v) is 19.5. The molecule has 0 amide bonds. The molecule has 0 radical (unpaired) electrons.